The average Bonchev–Trinajstić information content (AvgIpc) is 3.07. The Kier molecular flexibility index (Phi) is 5.11. The Morgan fingerprint density at radius 2 is 1.63 bits per heavy atom. The quantitative estimate of drug-likeness (QED) is 0.484. The molecular weight excluding hydrogens is 382 g/mol. The Morgan fingerprint density at radius 3 is 2.27 bits per heavy atom. The summed E-state index contributed by atoms with van der Waals surface area (Å²) in [7, 11) is 0. The number of benzene rings is 1. The molecule has 9 heteroatoms. The molecule has 0 unspecified atom stereocenters. The van der Waals surface area contributed by atoms with Crippen LogP contribution in [0.4, 0.5) is 17.2 Å². The van der Waals surface area contributed by atoms with Gasteiger partial charge in [0.25, 0.3) is 0 Å². The lowest BCUT2D eigenvalue weighted by Crippen LogP contribution is -2.47. The molecule has 0 saturated carbocycles. The zero-order valence-corrected chi connectivity index (χ0v) is 17.7. The maximum absolute atomic E-state index is 12.0. The first-order chi connectivity index (χ1) is 14.4. The van der Waals surface area contributed by atoms with Crippen LogP contribution in [0.2, 0.25) is 0 Å². The molecule has 0 N–H and O–H groups in total. The molecule has 2 aromatic heterocycles. The van der Waals surface area contributed by atoms with Gasteiger partial charge in [0.1, 0.15) is 6.33 Å². The lowest BCUT2D eigenvalue weighted by Gasteiger charge is -2.37. The Balaban J connectivity index is 1.64. The van der Waals surface area contributed by atoms with Crippen LogP contribution in [0.25, 0.3) is 5.82 Å². The fourth-order valence-electron chi connectivity index (χ4n) is 3.99. The van der Waals surface area contributed by atoms with Crippen molar-refractivity contribution in [1.82, 2.24) is 19.7 Å². The number of hydrogen-bond acceptors (Lipinski definition) is 7. The van der Waals surface area contributed by atoms with Crippen LogP contribution >= 0.6 is 0 Å². The molecule has 0 amide bonds. The highest BCUT2D eigenvalue weighted by molar-refractivity contribution is 5.66. The van der Waals surface area contributed by atoms with Crippen molar-refractivity contribution in [2.45, 2.75) is 27.7 Å². The average molecular weight is 407 g/mol. The fourth-order valence-corrected chi connectivity index (χ4v) is 3.99. The second kappa shape index (κ2) is 7.74. The van der Waals surface area contributed by atoms with Crippen molar-refractivity contribution in [1.29, 1.82) is 0 Å². The molecule has 156 valence electrons. The maximum Gasteiger partial charge on any atom is 0.355 e. The third kappa shape index (κ3) is 3.47. The molecule has 9 nitrogen and oxygen atoms in total. The predicted octanol–water partition coefficient (Wildman–Crippen LogP) is 3.13. The SMILES string of the molecule is Cc1cc(C)n(-c2ncnc(N3CCN(c4cccc(C)c4C)CC3)c2[N+](=O)[O-])n1. The number of nitro groups is 1. The van der Waals surface area contributed by atoms with Crippen molar-refractivity contribution in [3.63, 3.8) is 0 Å². The topological polar surface area (TPSA) is 93.2 Å². The summed E-state index contributed by atoms with van der Waals surface area (Å²) in [5.41, 5.74) is 5.21. The van der Waals surface area contributed by atoms with Crippen molar-refractivity contribution < 1.29 is 4.92 Å². The predicted molar refractivity (Wildman–Crippen MR) is 116 cm³/mol. The van der Waals surface area contributed by atoms with Gasteiger partial charge in [-0.1, -0.05) is 12.1 Å². The van der Waals surface area contributed by atoms with Crippen molar-refractivity contribution in [3.05, 3.63) is 63.2 Å². The number of nitrogens with zero attached hydrogens (tertiary/aromatic N) is 7. The summed E-state index contributed by atoms with van der Waals surface area (Å²) in [6.07, 6.45) is 1.38. The van der Waals surface area contributed by atoms with Gasteiger partial charge in [-0.2, -0.15) is 5.10 Å². The zero-order valence-electron chi connectivity index (χ0n) is 17.7. The van der Waals surface area contributed by atoms with Gasteiger partial charge in [-0.25, -0.2) is 14.6 Å². The number of rotatable bonds is 4. The largest absolute Gasteiger partial charge is 0.368 e. The molecule has 0 spiro atoms. The van der Waals surface area contributed by atoms with E-state index in [1.165, 1.54) is 27.8 Å². The number of aromatic nitrogens is 4. The van der Waals surface area contributed by atoms with E-state index in [2.05, 4.69) is 52.0 Å². The zero-order chi connectivity index (χ0) is 21.4. The van der Waals surface area contributed by atoms with Crippen LogP contribution in [-0.4, -0.2) is 50.9 Å². The van der Waals surface area contributed by atoms with Gasteiger partial charge >= 0.3 is 5.69 Å². The lowest BCUT2D eigenvalue weighted by molar-refractivity contribution is -0.384. The van der Waals surface area contributed by atoms with Gasteiger partial charge in [0.05, 0.1) is 10.6 Å². The third-order valence-corrected chi connectivity index (χ3v) is 5.67. The molecule has 3 aromatic rings. The highest BCUT2D eigenvalue weighted by Gasteiger charge is 2.31. The van der Waals surface area contributed by atoms with Crippen LogP contribution in [0, 0.1) is 37.8 Å². The molecule has 1 aromatic carbocycles. The summed E-state index contributed by atoms with van der Waals surface area (Å²) >= 11 is 0. The van der Waals surface area contributed by atoms with E-state index in [1.807, 2.05) is 24.8 Å². The van der Waals surface area contributed by atoms with E-state index < -0.39 is 4.92 Å². The van der Waals surface area contributed by atoms with Crippen LogP contribution in [0.1, 0.15) is 22.5 Å². The summed E-state index contributed by atoms with van der Waals surface area (Å²) in [5.74, 6) is 0.547. The maximum atomic E-state index is 12.0. The molecule has 30 heavy (non-hydrogen) atoms. The second-order valence-electron chi connectivity index (χ2n) is 7.66. The van der Waals surface area contributed by atoms with E-state index in [-0.39, 0.29) is 11.5 Å². The van der Waals surface area contributed by atoms with E-state index in [0.29, 0.717) is 18.9 Å². The van der Waals surface area contributed by atoms with Gasteiger partial charge in [0.15, 0.2) is 0 Å². The smallest absolute Gasteiger partial charge is 0.355 e. The van der Waals surface area contributed by atoms with E-state index >= 15 is 0 Å². The number of aryl methyl sites for hydroxylation is 3. The Hall–Kier alpha value is -3.49. The second-order valence-corrected chi connectivity index (χ2v) is 7.66. The minimum Gasteiger partial charge on any atom is -0.368 e. The molecule has 0 radical (unpaired) electrons. The lowest BCUT2D eigenvalue weighted by atomic mass is 10.1. The molecule has 0 aliphatic carbocycles. The van der Waals surface area contributed by atoms with Crippen molar-refractivity contribution in [2.24, 2.45) is 0 Å². The van der Waals surface area contributed by atoms with Gasteiger partial charge in [0.2, 0.25) is 11.6 Å². The van der Waals surface area contributed by atoms with E-state index in [9.17, 15) is 10.1 Å². The van der Waals surface area contributed by atoms with Crippen LogP contribution in [0.3, 0.4) is 0 Å². The standard InChI is InChI=1S/C21H25N7O2/c1-14-6-5-7-18(17(14)4)25-8-10-26(11-9-25)20-19(28(29)30)21(23-13-22-20)27-16(3)12-15(2)24-27/h5-7,12-13H,8-11H2,1-4H3. The summed E-state index contributed by atoms with van der Waals surface area (Å²) < 4.78 is 1.52. The van der Waals surface area contributed by atoms with Crippen LogP contribution in [-0.2, 0) is 0 Å². The summed E-state index contributed by atoms with van der Waals surface area (Å²) in [4.78, 5) is 24.4. The van der Waals surface area contributed by atoms with Crippen molar-refractivity contribution in [2.75, 3.05) is 36.0 Å². The normalized spacial score (nSPS) is 14.3. The molecule has 1 aliphatic rings. The van der Waals surface area contributed by atoms with Crippen LogP contribution in [0.15, 0.2) is 30.6 Å². The Labute approximate surface area is 175 Å². The molecule has 1 fully saturated rings. The summed E-state index contributed by atoms with van der Waals surface area (Å²) in [6.45, 7) is 10.8. The number of hydrogen-bond donors (Lipinski definition) is 0. The van der Waals surface area contributed by atoms with Crippen LogP contribution < -0.4 is 9.80 Å². The van der Waals surface area contributed by atoms with Gasteiger partial charge in [0, 0.05) is 37.6 Å². The van der Waals surface area contributed by atoms with Gasteiger partial charge < -0.3 is 9.80 Å². The molecule has 4 rings (SSSR count). The Bertz CT molecular complexity index is 1100. The van der Waals surface area contributed by atoms with E-state index in [0.717, 1.165) is 24.5 Å². The first-order valence-corrected chi connectivity index (χ1v) is 9.96. The van der Waals surface area contributed by atoms with E-state index in [4.69, 9.17) is 0 Å². The van der Waals surface area contributed by atoms with Gasteiger partial charge in [-0.15, -0.1) is 0 Å². The van der Waals surface area contributed by atoms with Crippen LogP contribution in [0.5, 0.6) is 0 Å². The fraction of sp³-hybridized carbons (Fsp3) is 0.381. The molecule has 0 atom stereocenters. The highest BCUT2D eigenvalue weighted by Crippen LogP contribution is 2.32. The monoisotopic (exact) mass is 407 g/mol. The third-order valence-electron chi connectivity index (χ3n) is 5.67. The molecule has 0 bridgehead atoms. The summed E-state index contributed by atoms with van der Waals surface area (Å²) in [6, 6.07) is 8.18. The molecule has 3 heterocycles. The first kappa shape index (κ1) is 19.8. The number of piperazine rings is 1. The first-order valence-electron chi connectivity index (χ1n) is 9.96. The summed E-state index contributed by atoms with van der Waals surface area (Å²) in [5, 5.41) is 16.4. The molecule has 1 aliphatic heterocycles. The highest BCUT2D eigenvalue weighted by atomic mass is 16.6. The minimum atomic E-state index is -0.405. The van der Waals surface area contributed by atoms with E-state index in [1.54, 1.807) is 0 Å². The molecular formula is C21H25N7O2. The molecule has 1 saturated heterocycles. The van der Waals surface area contributed by atoms with Gasteiger partial charge in [-0.05, 0) is 51.0 Å². The number of anilines is 2. The van der Waals surface area contributed by atoms with Crippen molar-refractivity contribution >= 4 is 17.2 Å². The van der Waals surface area contributed by atoms with Gasteiger partial charge in [-0.3, -0.25) is 10.1 Å². The minimum absolute atomic E-state index is 0.108. The van der Waals surface area contributed by atoms with Crippen molar-refractivity contribution in [3.8, 4) is 5.82 Å². The Morgan fingerprint density at radius 1 is 0.967 bits per heavy atom.